The van der Waals surface area contributed by atoms with E-state index in [0.717, 1.165) is 23.4 Å². The van der Waals surface area contributed by atoms with Gasteiger partial charge in [-0.3, -0.25) is 4.68 Å². The molecule has 1 N–H and O–H groups in total. The van der Waals surface area contributed by atoms with E-state index in [1.54, 1.807) is 0 Å². The Kier molecular flexibility index (Phi) is 3.98. The van der Waals surface area contributed by atoms with Crippen LogP contribution in [-0.4, -0.2) is 15.8 Å². The summed E-state index contributed by atoms with van der Waals surface area (Å²) < 4.78 is 1.90. The molecule has 3 atom stereocenters. The fourth-order valence-electron chi connectivity index (χ4n) is 3.31. The highest BCUT2D eigenvalue weighted by Crippen LogP contribution is 2.35. The third-order valence-corrected chi connectivity index (χ3v) is 4.38. The minimum atomic E-state index is 0.608. The highest BCUT2D eigenvalue weighted by atomic mass is 15.3. The van der Waals surface area contributed by atoms with E-state index in [1.807, 2.05) is 11.7 Å². The van der Waals surface area contributed by atoms with Gasteiger partial charge in [0, 0.05) is 19.3 Å². The molecule has 2 rings (SSSR count). The lowest BCUT2D eigenvalue weighted by atomic mass is 9.74. The summed E-state index contributed by atoms with van der Waals surface area (Å²) in [6.07, 6.45) is 6.13. The molecular weight excluding hydrogens is 222 g/mol. The number of hydrogen-bond acceptors (Lipinski definition) is 2. The van der Waals surface area contributed by atoms with Gasteiger partial charge in [0.05, 0.1) is 11.4 Å². The lowest BCUT2D eigenvalue weighted by Crippen LogP contribution is -2.37. The van der Waals surface area contributed by atoms with E-state index in [0.29, 0.717) is 6.04 Å². The number of hydrogen-bond donors (Lipinski definition) is 1. The minimum Gasteiger partial charge on any atom is -0.379 e. The maximum absolute atomic E-state index is 4.42. The second kappa shape index (κ2) is 5.33. The molecule has 1 heterocycles. The first kappa shape index (κ1) is 13.4. The Labute approximate surface area is 111 Å². The van der Waals surface area contributed by atoms with Gasteiger partial charge in [-0.15, -0.1) is 0 Å². The third kappa shape index (κ3) is 2.88. The third-order valence-electron chi connectivity index (χ3n) is 4.38. The van der Waals surface area contributed by atoms with Gasteiger partial charge in [0.2, 0.25) is 0 Å². The predicted molar refractivity (Wildman–Crippen MR) is 76.7 cm³/mol. The first-order chi connectivity index (χ1) is 8.47. The number of anilines is 1. The summed E-state index contributed by atoms with van der Waals surface area (Å²) in [7, 11) is 1.99. The molecule has 1 aliphatic rings. The van der Waals surface area contributed by atoms with Crippen LogP contribution in [0.4, 0.5) is 5.69 Å². The molecule has 102 valence electrons. The molecule has 1 aromatic rings. The fraction of sp³-hybridized carbons (Fsp3) is 0.800. The molecule has 3 nitrogen and oxygen atoms in total. The van der Waals surface area contributed by atoms with Crippen molar-refractivity contribution in [2.45, 2.75) is 53.0 Å². The zero-order valence-corrected chi connectivity index (χ0v) is 12.4. The summed E-state index contributed by atoms with van der Waals surface area (Å²) in [4.78, 5) is 0. The van der Waals surface area contributed by atoms with Gasteiger partial charge >= 0.3 is 0 Å². The number of nitrogens with one attached hydrogen (secondary N) is 1. The molecule has 3 unspecified atom stereocenters. The quantitative estimate of drug-likeness (QED) is 0.887. The number of nitrogens with zero attached hydrogens (tertiary/aromatic N) is 2. The first-order valence-corrected chi connectivity index (χ1v) is 7.24. The van der Waals surface area contributed by atoms with E-state index in [1.165, 1.54) is 24.9 Å². The molecule has 1 aromatic heterocycles. The van der Waals surface area contributed by atoms with Gasteiger partial charge in [0.1, 0.15) is 0 Å². The van der Waals surface area contributed by atoms with Gasteiger partial charge in [0.15, 0.2) is 0 Å². The van der Waals surface area contributed by atoms with Crippen molar-refractivity contribution in [3.8, 4) is 0 Å². The topological polar surface area (TPSA) is 29.9 Å². The van der Waals surface area contributed by atoms with E-state index in [4.69, 9.17) is 0 Å². The number of rotatable bonds is 3. The lowest BCUT2D eigenvalue weighted by Gasteiger charge is -2.38. The molecule has 0 spiro atoms. The molecule has 1 aliphatic carbocycles. The van der Waals surface area contributed by atoms with Crippen LogP contribution in [0.1, 0.15) is 45.7 Å². The summed E-state index contributed by atoms with van der Waals surface area (Å²) in [6.45, 7) is 9.16. The van der Waals surface area contributed by atoms with Crippen LogP contribution in [0.3, 0.4) is 0 Å². The van der Waals surface area contributed by atoms with Crippen molar-refractivity contribution >= 4 is 5.69 Å². The minimum absolute atomic E-state index is 0.608. The Hall–Kier alpha value is -0.990. The summed E-state index contributed by atoms with van der Waals surface area (Å²) in [6, 6.07) is 0.608. The average molecular weight is 249 g/mol. The van der Waals surface area contributed by atoms with Crippen molar-refractivity contribution in [1.82, 2.24) is 9.78 Å². The molecule has 3 heteroatoms. The fourth-order valence-corrected chi connectivity index (χ4v) is 3.31. The van der Waals surface area contributed by atoms with Crippen LogP contribution >= 0.6 is 0 Å². The van der Waals surface area contributed by atoms with Gasteiger partial charge in [-0.25, -0.2) is 0 Å². The van der Waals surface area contributed by atoms with Crippen molar-refractivity contribution in [2.24, 2.45) is 24.8 Å². The van der Waals surface area contributed by atoms with Gasteiger partial charge in [0.25, 0.3) is 0 Å². The first-order valence-electron chi connectivity index (χ1n) is 7.24. The van der Waals surface area contributed by atoms with Crippen molar-refractivity contribution < 1.29 is 0 Å². The maximum atomic E-state index is 4.42. The maximum Gasteiger partial charge on any atom is 0.0825 e. The largest absolute Gasteiger partial charge is 0.379 e. The van der Waals surface area contributed by atoms with E-state index < -0.39 is 0 Å². The van der Waals surface area contributed by atoms with Gasteiger partial charge in [-0.05, 0) is 37.5 Å². The zero-order valence-electron chi connectivity index (χ0n) is 12.4. The van der Waals surface area contributed by atoms with Gasteiger partial charge in [-0.2, -0.15) is 5.10 Å². The molecule has 1 fully saturated rings. The predicted octanol–water partition coefficient (Wildman–Crippen LogP) is 3.60. The van der Waals surface area contributed by atoms with Crippen LogP contribution in [-0.2, 0) is 7.05 Å². The van der Waals surface area contributed by atoms with E-state index in [9.17, 15) is 0 Å². The summed E-state index contributed by atoms with van der Waals surface area (Å²) in [5.41, 5.74) is 2.32. The molecule has 1 saturated carbocycles. The van der Waals surface area contributed by atoms with Crippen molar-refractivity contribution in [3.05, 3.63) is 11.9 Å². The van der Waals surface area contributed by atoms with Crippen LogP contribution in [0.15, 0.2) is 6.20 Å². The highest BCUT2D eigenvalue weighted by Gasteiger charge is 2.31. The van der Waals surface area contributed by atoms with E-state index >= 15 is 0 Å². The van der Waals surface area contributed by atoms with E-state index in [-0.39, 0.29) is 0 Å². The Morgan fingerprint density at radius 3 is 2.67 bits per heavy atom. The van der Waals surface area contributed by atoms with Crippen molar-refractivity contribution in [3.63, 3.8) is 0 Å². The van der Waals surface area contributed by atoms with Crippen LogP contribution in [0, 0.1) is 24.7 Å². The SMILES string of the molecule is Cc1nn(C)cc1NC1CC(C)CCC1C(C)C. The monoisotopic (exact) mass is 249 g/mol. The van der Waals surface area contributed by atoms with Crippen molar-refractivity contribution in [1.29, 1.82) is 0 Å². The molecule has 0 radical (unpaired) electrons. The standard InChI is InChI=1S/C15H27N3/c1-10(2)13-7-6-11(3)8-14(13)16-15-9-18(5)17-12(15)4/h9-11,13-14,16H,6-8H2,1-5H3. The van der Waals surface area contributed by atoms with Crippen molar-refractivity contribution in [2.75, 3.05) is 5.32 Å². The van der Waals surface area contributed by atoms with E-state index in [2.05, 4.69) is 44.3 Å². The molecule has 0 amide bonds. The summed E-state index contributed by atoms with van der Waals surface area (Å²) in [5, 5.41) is 8.17. The molecule has 0 bridgehead atoms. The second-order valence-corrected chi connectivity index (χ2v) is 6.38. The normalized spacial score (nSPS) is 28.7. The van der Waals surface area contributed by atoms with Gasteiger partial charge in [-0.1, -0.05) is 27.2 Å². The van der Waals surface area contributed by atoms with Crippen LogP contribution in [0.5, 0.6) is 0 Å². The van der Waals surface area contributed by atoms with Crippen LogP contribution in [0.25, 0.3) is 0 Å². The molecule has 18 heavy (non-hydrogen) atoms. The highest BCUT2D eigenvalue weighted by molar-refractivity contribution is 5.46. The summed E-state index contributed by atoms with van der Waals surface area (Å²) >= 11 is 0. The smallest absolute Gasteiger partial charge is 0.0825 e. The van der Waals surface area contributed by atoms with Crippen LogP contribution < -0.4 is 5.32 Å². The molecule has 0 aliphatic heterocycles. The molecular formula is C15H27N3. The van der Waals surface area contributed by atoms with Crippen LogP contribution in [0.2, 0.25) is 0 Å². The Morgan fingerprint density at radius 1 is 1.39 bits per heavy atom. The summed E-state index contributed by atoms with van der Waals surface area (Å²) in [5.74, 6) is 2.39. The molecule has 0 saturated heterocycles. The number of aryl methyl sites for hydroxylation is 2. The number of aromatic nitrogens is 2. The average Bonchev–Trinajstić information content (AvgIpc) is 2.57. The Balaban J connectivity index is 2.11. The van der Waals surface area contributed by atoms with Gasteiger partial charge < -0.3 is 5.32 Å². The second-order valence-electron chi connectivity index (χ2n) is 6.38. The lowest BCUT2D eigenvalue weighted by molar-refractivity contribution is 0.212. The zero-order chi connectivity index (χ0) is 13.3. The Morgan fingerprint density at radius 2 is 2.11 bits per heavy atom. The Bertz CT molecular complexity index is 394. The molecule has 0 aromatic carbocycles.